The normalized spacial score (nSPS) is 11.6. The highest BCUT2D eigenvalue weighted by molar-refractivity contribution is 5.86. The third-order valence-corrected chi connectivity index (χ3v) is 2.01. The molecule has 0 saturated carbocycles. The lowest BCUT2D eigenvalue weighted by molar-refractivity contribution is -0.145. The maximum Gasteiger partial charge on any atom is 0.326 e. The van der Waals surface area contributed by atoms with Gasteiger partial charge in [-0.05, 0) is 0 Å². The van der Waals surface area contributed by atoms with E-state index in [1.807, 2.05) is 5.32 Å². The number of carboxylic acid groups (broad SMARTS) is 2. The molecule has 0 unspecified atom stereocenters. The fraction of sp³-hybridized carbons (Fsp3) is 0.444. The molecule has 0 aliphatic heterocycles. The van der Waals surface area contributed by atoms with Crippen molar-refractivity contribution in [3.8, 4) is 0 Å². The van der Waals surface area contributed by atoms with Crippen molar-refractivity contribution in [2.24, 2.45) is 0 Å². The zero-order chi connectivity index (χ0) is 14.3. The van der Waals surface area contributed by atoms with Crippen molar-refractivity contribution in [1.82, 2.24) is 20.8 Å². The average Bonchev–Trinajstić information content (AvgIpc) is 2.80. The Balaban J connectivity index is 2.32. The highest BCUT2D eigenvalue weighted by Gasteiger charge is 2.22. The van der Waals surface area contributed by atoms with Gasteiger partial charge in [0.05, 0.1) is 6.42 Å². The Morgan fingerprint density at radius 3 is 2.63 bits per heavy atom. The maximum absolute atomic E-state index is 11.3. The Morgan fingerprint density at radius 1 is 1.37 bits per heavy atom. The Bertz CT molecular complexity index is 446. The fourth-order valence-electron chi connectivity index (χ4n) is 1.17. The quantitative estimate of drug-likeness (QED) is 0.484. The zero-order valence-corrected chi connectivity index (χ0v) is 9.70. The molecule has 104 valence electrons. The van der Waals surface area contributed by atoms with Gasteiger partial charge in [-0.3, -0.25) is 4.79 Å². The summed E-state index contributed by atoms with van der Waals surface area (Å²) >= 11 is 0. The first-order chi connectivity index (χ1) is 8.99. The summed E-state index contributed by atoms with van der Waals surface area (Å²) in [5, 5.41) is 24.9. The minimum atomic E-state index is -1.49. The maximum atomic E-state index is 11.3. The van der Waals surface area contributed by atoms with E-state index in [0.717, 1.165) is 0 Å². The third-order valence-electron chi connectivity index (χ3n) is 2.01. The first kappa shape index (κ1) is 14.4. The van der Waals surface area contributed by atoms with E-state index in [0.29, 0.717) is 5.89 Å². The molecule has 0 radical (unpaired) electrons. The first-order valence-corrected chi connectivity index (χ1v) is 5.23. The molecule has 19 heavy (non-hydrogen) atoms. The lowest BCUT2D eigenvalue weighted by Crippen LogP contribution is -2.47. The summed E-state index contributed by atoms with van der Waals surface area (Å²) in [5.74, 6) is -2.42. The summed E-state index contributed by atoms with van der Waals surface area (Å²) in [4.78, 5) is 36.1. The summed E-state index contributed by atoms with van der Waals surface area (Å²) in [5.41, 5.74) is 0. The average molecular weight is 272 g/mol. The van der Waals surface area contributed by atoms with Gasteiger partial charge in [0.25, 0.3) is 0 Å². The minimum absolute atomic E-state index is 0.146. The molecular formula is C9H12N4O6. The van der Waals surface area contributed by atoms with Crippen molar-refractivity contribution in [1.29, 1.82) is 0 Å². The SMILES string of the molecule is O=C(O)C[C@H](NC(=O)NCCc1ncno1)C(=O)O. The second kappa shape index (κ2) is 6.93. The number of carbonyl (C=O) groups is 3. The van der Waals surface area contributed by atoms with Gasteiger partial charge < -0.3 is 25.4 Å². The number of amides is 2. The number of aliphatic carboxylic acids is 2. The summed E-state index contributed by atoms with van der Waals surface area (Å²) in [7, 11) is 0. The molecule has 0 bridgehead atoms. The number of carbonyl (C=O) groups excluding carboxylic acids is 1. The molecule has 10 nitrogen and oxygen atoms in total. The first-order valence-electron chi connectivity index (χ1n) is 5.23. The van der Waals surface area contributed by atoms with E-state index < -0.39 is 30.4 Å². The number of nitrogens with zero attached hydrogens (tertiary/aromatic N) is 2. The van der Waals surface area contributed by atoms with Crippen LogP contribution >= 0.6 is 0 Å². The van der Waals surface area contributed by atoms with Gasteiger partial charge in [0.15, 0.2) is 6.33 Å². The van der Waals surface area contributed by atoms with E-state index in [-0.39, 0.29) is 13.0 Å². The molecule has 1 rings (SSSR count). The van der Waals surface area contributed by atoms with Crippen molar-refractivity contribution >= 4 is 18.0 Å². The van der Waals surface area contributed by atoms with Crippen molar-refractivity contribution in [2.75, 3.05) is 6.54 Å². The van der Waals surface area contributed by atoms with Crippen LogP contribution < -0.4 is 10.6 Å². The van der Waals surface area contributed by atoms with E-state index in [9.17, 15) is 14.4 Å². The predicted molar refractivity (Wildman–Crippen MR) is 58.2 cm³/mol. The highest BCUT2D eigenvalue weighted by atomic mass is 16.5. The van der Waals surface area contributed by atoms with E-state index in [1.54, 1.807) is 0 Å². The molecule has 0 aromatic carbocycles. The second-order valence-electron chi connectivity index (χ2n) is 3.47. The van der Waals surface area contributed by atoms with E-state index >= 15 is 0 Å². The van der Waals surface area contributed by atoms with Crippen LogP contribution in [0.2, 0.25) is 0 Å². The number of hydrogen-bond acceptors (Lipinski definition) is 6. The van der Waals surface area contributed by atoms with Gasteiger partial charge in [0.1, 0.15) is 6.04 Å². The van der Waals surface area contributed by atoms with Crippen LogP contribution in [0.5, 0.6) is 0 Å². The molecule has 2 amide bonds. The van der Waals surface area contributed by atoms with Crippen LogP contribution in [-0.4, -0.2) is 50.9 Å². The largest absolute Gasteiger partial charge is 0.481 e. The van der Waals surface area contributed by atoms with Gasteiger partial charge in [-0.1, -0.05) is 5.16 Å². The summed E-state index contributed by atoms with van der Waals surface area (Å²) in [6.07, 6.45) is 0.791. The molecule has 1 heterocycles. The lowest BCUT2D eigenvalue weighted by Gasteiger charge is -2.12. The Hall–Kier alpha value is -2.65. The van der Waals surface area contributed by atoms with Crippen molar-refractivity contribution in [3.05, 3.63) is 12.2 Å². The topological polar surface area (TPSA) is 155 Å². The van der Waals surface area contributed by atoms with Crippen LogP contribution in [0.4, 0.5) is 4.79 Å². The van der Waals surface area contributed by atoms with Gasteiger partial charge in [0, 0.05) is 13.0 Å². The van der Waals surface area contributed by atoms with Crippen LogP contribution in [-0.2, 0) is 16.0 Å². The van der Waals surface area contributed by atoms with E-state index in [4.69, 9.17) is 10.2 Å². The van der Waals surface area contributed by atoms with E-state index in [2.05, 4.69) is 20.0 Å². The van der Waals surface area contributed by atoms with Gasteiger partial charge in [-0.2, -0.15) is 4.98 Å². The number of hydrogen-bond donors (Lipinski definition) is 4. The standard InChI is InChI=1S/C9H12N4O6/c14-7(15)3-5(8(16)17)13-9(18)10-2-1-6-11-4-12-19-6/h4-5H,1-3H2,(H,14,15)(H,16,17)(H2,10,13,18)/t5-/m0/s1. The minimum Gasteiger partial charge on any atom is -0.481 e. The van der Waals surface area contributed by atoms with Gasteiger partial charge in [0.2, 0.25) is 5.89 Å². The molecule has 1 aromatic rings. The zero-order valence-electron chi connectivity index (χ0n) is 9.70. The van der Waals surface area contributed by atoms with Crippen LogP contribution in [0.3, 0.4) is 0 Å². The van der Waals surface area contributed by atoms with Crippen LogP contribution in [0.15, 0.2) is 10.9 Å². The number of rotatable bonds is 7. The molecule has 1 aromatic heterocycles. The smallest absolute Gasteiger partial charge is 0.326 e. The number of nitrogens with one attached hydrogen (secondary N) is 2. The summed E-state index contributed by atoms with van der Waals surface area (Å²) in [6.45, 7) is 0.146. The van der Waals surface area contributed by atoms with Crippen molar-refractivity contribution < 1.29 is 29.1 Å². The molecule has 0 spiro atoms. The molecule has 0 aliphatic carbocycles. The Kier molecular flexibility index (Phi) is 5.26. The molecule has 10 heteroatoms. The second-order valence-corrected chi connectivity index (χ2v) is 3.47. The predicted octanol–water partition coefficient (Wildman–Crippen LogP) is -1.16. The molecule has 1 atom stereocenters. The van der Waals surface area contributed by atoms with Crippen LogP contribution in [0.1, 0.15) is 12.3 Å². The number of aromatic nitrogens is 2. The molecular weight excluding hydrogens is 260 g/mol. The summed E-state index contributed by atoms with van der Waals surface area (Å²) < 4.78 is 4.68. The fourth-order valence-corrected chi connectivity index (χ4v) is 1.17. The molecule has 4 N–H and O–H groups in total. The number of carboxylic acids is 2. The van der Waals surface area contributed by atoms with E-state index in [1.165, 1.54) is 6.33 Å². The van der Waals surface area contributed by atoms with Crippen molar-refractivity contribution in [2.45, 2.75) is 18.9 Å². The highest BCUT2D eigenvalue weighted by Crippen LogP contribution is 1.93. The third kappa shape index (κ3) is 5.48. The van der Waals surface area contributed by atoms with Gasteiger partial charge >= 0.3 is 18.0 Å². The van der Waals surface area contributed by atoms with Gasteiger partial charge in [-0.15, -0.1) is 0 Å². The molecule has 0 saturated heterocycles. The molecule has 0 aliphatic rings. The summed E-state index contributed by atoms with van der Waals surface area (Å²) in [6, 6.07) is -2.27. The molecule has 0 fully saturated rings. The monoisotopic (exact) mass is 272 g/mol. The van der Waals surface area contributed by atoms with Crippen molar-refractivity contribution in [3.63, 3.8) is 0 Å². The van der Waals surface area contributed by atoms with Crippen LogP contribution in [0, 0.1) is 0 Å². The lowest BCUT2D eigenvalue weighted by atomic mass is 10.2. The Labute approximate surface area is 106 Å². The van der Waals surface area contributed by atoms with Gasteiger partial charge in [-0.25, -0.2) is 9.59 Å². The van der Waals surface area contributed by atoms with Crippen LogP contribution in [0.25, 0.3) is 0 Å². The number of urea groups is 1. The Morgan fingerprint density at radius 2 is 2.11 bits per heavy atom.